The number of aryl methyl sites for hydroxylation is 1. The Kier molecular flexibility index (Phi) is 6.28. The normalized spacial score (nSPS) is 11.2. The van der Waals surface area contributed by atoms with Gasteiger partial charge in [-0.2, -0.15) is 0 Å². The van der Waals surface area contributed by atoms with E-state index in [2.05, 4.69) is 0 Å². The van der Waals surface area contributed by atoms with Crippen LogP contribution in [0.25, 0.3) is 17.0 Å². The molecule has 3 rings (SSSR count). The highest BCUT2D eigenvalue weighted by molar-refractivity contribution is 6.04. The Bertz CT molecular complexity index is 925. The van der Waals surface area contributed by atoms with Gasteiger partial charge in [-0.1, -0.05) is 36.4 Å². The molecule has 2 aromatic carbocycles. The van der Waals surface area contributed by atoms with E-state index < -0.39 is 5.97 Å². The van der Waals surface area contributed by atoms with Crippen molar-refractivity contribution in [3.8, 4) is 5.75 Å². The first-order chi connectivity index (χ1) is 13.2. The fourth-order valence-electron chi connectivity index (χ4n) is 2.73. The van der Waals surface area contributed by atoms with Crippen LogP contribution in [-0.2, 0) is 9.47 Å². The summed E-state index contributed by atoms with van der Waals surface area (Å²) in [6, 6.07) is 15.4. The third-order valence-electron chi connectivity index (χ3n) is 4.02. The van der Waals surface area contributed by atoms with E-state index in [0.29, 0.717) is 41.3 Å². The lowest BCUT2D eigenvalue weighted by Gasteiger charge is -2.05. The molecule has 0 saturated heterocycles. The van der Waals surface area contributed by atoms with Gasteiger partial charge in [-0.25, -0.2) is 4.79 Å². The monoisotopic (exact) mass is 366 g/mol. The lowest BCUT2D eigenvalue weighted by atomic mass is 10.1. The van der Waals surface area contributed by atoms with Crippen molar-refractivity contribution >= 4 is 23.0 Å². The van der Waals surface area contributed by atoms with Gasteiger partial charge in [0.2, 0.25) is 0 Å². The van der Waals surface area contributed by atoms with Crippen molar-refractivity contribution in [2.75, 3.05) is 26.9 Å². The third-order valence-corrected chi connectivity index (χ3v) is 4.02. The maximum absolute atomic E-state index is 12.4. The molecule has 1 aromatic heterocycles. The second-order valence-corrected chi connectivity index (χ2v) is 5.94. The van der Waals surface area contributed by atoms with Gasteiger partial charge >= 0.3 is 5.97 Å². The van der Waals surface area contributed by atoms with Crippen LogP contribution in [0, 0.1) is 6.92 Å². The van der Waals surface area contributed by atoms with Crippen LogP contribution < -0.4 is 4.74 Å². The van der Waals surface area contributed by atoms with Crippen molar-refractivity contribution in [2.45, 2.75) is 6.92 Å². The smallest absolute Gasteiger partial charge is 0.342 e. The highest BCUT2D eigenvalue weighted by atomic mass is 16.6. The molecule has 27 heavy (non-hydrogen) atoms. The minimum Gasteiger partial charge on any atom is -0.490 e. The molecule has 0 N–H and O–H groups in total. The number of methoxy groups -OCH3 is 1. The van der Waals surface area contributed by atoms with Gasteiger partial charge in [0.15, 0.2) is 0 Å². The molecule has 0 radical (unpaired) electrons. The van der Waals surface area contributed by atoms with Crippen molar-refractivity contribution < 1.29 is 23.4 Å². The topological polar surface area (TPSA) is 57.9 Å². The molecule has 0 aliphatic heterocycles. The zero-order valence-corrected chi connectivity index (χ0v) is 15.4. The molecule has 1 heterocycles. The van der Waals surface area contributed by atoms with Gasteiger partial charge in [0.1, 0.15) is 35.9 Å². The largest absolute Gasteiger partial charge is 0.490 e. The number of carbonyl (C=O) groups is 1. The average molecular weight is 366 g/mol. The molecule has 0 fully saturated rings. The fraction of sp³-hybridized carbons (Fsp3) is 0.227. The summed E-state index contributed by atoms with van der Waals surface area (Å²) in [5, 5.41) is 0.680. The Morgan fingerprint density at radius 1 is 1.11 bits per heavy atom. The van der Waals surface area contributed by atoms with E-state index in [1.54, 1.807) is 26.2 Å². The number of furan rings is 1. The molecule has 5 heteroatoms. The van der Waals surface area contributed by atoms with E-state index in [4.69, 9.17) is 18.6 Å². The number of rotatable bonds is 8. The minimum atomic E-state index is -0.426. The molecule has 5 nitrogen and oxygen atoms in total. The Hall–Kier alpha value is -3.05. The van der Waals surface area contributed by atoms with E-state index >= 15 is 0 Å². The average Bonchev–Trinajstić information content (AvgIpc) is 3.01. The second-order valence-electron chi connectivity index (χ2n) is 5.94. The zero-order chi connectivity index (χ0) is 19.1. The molecule has 0 amide bonds. The molecular weight excluding hydrogens is 344 g/mol. The predicted octanol–water partition coefficient (Wildman–Crippen LogP) is 4.64. The number of hydrogen-bond donors (Lipinski definition) is 0. The van der Waals surface area contributed by atoms with Crippen LogP contribution in [-0.4, -0.2) is 32.9 Å². The molecule has 0 atom stereocenters. The minimum absolute atomic E-state index is 0.196. The summed E-state index contributed by atoms with van der Waals surface area (Å²) in [5.74, 6) is 0.755. The summed E-state index contributed by atoms with van der Waals surface area (Å²) < 4.78 is 21.6. The quantitative estimate of drug-likeness (QED) is 0.429. The number of ether oxygens (including phenoxy) is 3. The molecule has 0 unspecified atom stereocenters. The van der Waals surface area contributed by atoms with Crippen LogP contribution in [0.4, 0.5) is 0 Å². The van der Waals surface area contributed by atoms with Crippen molar-refractivity contribution in [3.05, 3.63) is 71.5 Å². The highest BCUT2D eigenvalue weighted by Gasteiger charge is 2.20. The molecule has 3 aromatic rings. The highest BCUT2D eigenvalue weighted by Crippen LogP contribution is 2.29. The molecule has 0 aliphatic rings. The van der Waals surface area contributed by atoms with Crippen molar-refractivity contribution in [2.24, 2.45) is 0 Å². The van der Waals surface area contributed by atoms with E-state index in [9.17, 15) is 4.79 Å². The summed E-state index contributed by atoms with van der Waals surface area (Å²) in [6.45, 7) is 2.71. The first-order valence-corrected chi connectivity index (χ1v) is 8.72. The first kappa shape index (κ1) is 18.7. The Balaban J connectivity index is 1.71. The van der Waals surface area contributed by atoms with Crippen molar-refractivity contribution in [1.82, 2.24) is 0 Å². The van der Waals surface area contributed by atoms with Gasteiger partial charge in [-0.05, 0) is 36.8 Å². The van der Waals surface area contributed by atoms with E-state index in [1.807, 2.05) is 48.6 Å². The molecule has 0 bridgehead atoms. The van der Waals surface area contributed by atoms with Crippen molar-refractivity contribution in [1.29, 1.82) is 0 Å². The van der Waals surface area contributed by atoms with Gasteiger partial charge < -0.3 is 18.6 Å². The predicted molar refractivity (Wildman–Crippen MR) is 104 cm³/mol. The van der Waals surface area contributed by atoms with E-state index in [1.165, 1.54) is 0 Å². The second kappa shape index (κ2) is 9.05. The SMILES string of the molecule is COCCOC(=O)c1c(C)oc2ccc(OC/C=C/c3ccccc3)cc12. The Morgan fingerprint density at radius 3 is 2.70 bits per heavy atom. The maximum atomic E-state index is 12.4. The number of hydrogen-bond acceptors (Lipinski definition) is 5. The Morgan fingerprint density at radius 2 is 1.93 bits per heavy atom. The van der Waals surface area contributed by atoms with Crippen LogP contribution in [0.5, 0.6) is 5.75 Å². The summed E-state index contributed by atoms with van der Waals surface area (Å²) in [5.41, 5.74) is 2.16. The summed E-state index contributed by atoms with van der Waals surface area (Å²) in [6.07, 6.45) is 3.94. The fourth-order valence-corrected chi connectivity index (χ4v) is 2.73. The van der Waals surface area contributed by atoms with E-state index in [0.717, 1.165) is 5.56 Å². The molecular formula is C22H22O5. The summed E-state index contributed by atoms with van der Waals surface area (Å²) >= 11 is 0. The number of carbonyl (C=O) groups excluding carboxylic acids is 1. The van der Waals surface area contributed by atoms with Crippen LogP contribution in [0.2, 0.25) is 0 Å². The molecule has 0 spiro atoms. The third kappa shape index (κ3) is 4.77. The van der Waals surface area contributed by atoms with Gasteiger partial charge in [0.25, 0.3) is 0 Å². The van der Waals surface area contributed by atoms with E-state index in [-0.39, 0.29) is 6.61 Å². The van der Waals surface area contributed by atoms with Gasteiger partial charge in [-0.3, -0.25) is 0 Å². The summed E-state index contributed by atoms with van der Waals surface area (Å²) in [7, 11) is 1.56. The number of fused-ring (bicyclic) bond motifs is 1. The lowest BCUT2D eigenvalue weighted by Crippen LogP contribution is -2.10. The zero-order valence-electron chi connectivity index (χ0n) is 15.4. The maximum Gasteiger partial charge on any atom is 0.342 e. The Labute approximate surface area is 158 Å². The van der Waals surface area contributed by atoms with Crippen LogP contribution in [0.3, 0.4) is 0 Å². The van der Waals surface area contributed by atoms with Gasteiger partial charge in [0, 0.05) is 12.5 Å². The molecule has 140 valence electrons. The lowest BCUT2D eigenvalue weighted by molar-refractivity contribution is 0.0388. The van der Waals surface area contributed by atoms with Crippen LogP contribution in [0.15, 0.2) is 59.0 Å². The standard InChI is InChI=1S/C22H22O5/c1-16-21(22(23)26-14-13-24-2)19-15-18(10-11-20(19)27-16)25-12-6-9-17-7-4-3-5-8-17/h3-11,15H,12-14H2,1-2H3/b9-6+. The number of esters is 1. The van der Waals surface area contributed by atoms with Crippen LogP contribution in [0.1, 0.15) is 21.7 Å². The van der Waals surface area contributed by atoms with Gasteiger partial charge in [-0.15, -0.1) is 0 Å². The molecule has 0 saturated carbocycles. The summed E-state index contributed by atoms with van der Waals surface area (Å²) in [4.78, 5) is 12.4. The number of benzene rings is 2. The van der Waals surface area contributed by atoms with Gasteiger partial charge in [0.05, 0.1) is 6.61 Å². The molecule has 0 aliphatic carbocycles. The first-order valence-electron chi connectivity index (χ1n) is 8.72. The van der Waals surface area contributed by atoms with Crippen molar-refractivity contribution in [3.63, 3.8) is 0 Å². The van der Waals surface area contributed by atoms with Crippen LogP contribution >= 0.6 is 0 Å².